The number of rotatable bonds is 4. The third-order valence-corrected chi connectivity index (χ3v) is 1.95. The maximum Gasteiger partial charge on any atom is 0.146 e. The summed E-state index contributed by atoms with van der Waals surface area (Å²) in [6.07, 6.45) is 2.63. The Morgan fingerprint density at radius 1 is 1.50 bits per heavy atom. The standard InChI is InChI=1S/C7H15NO2/c1-9-5-10-7-2-6(3-7)4-8/h6-7H,2-5,8H2,1H3. The van der Waals surface area contributed by atoms with Crippen molar-refractivity contribution in [3.05, 3.63) is 0 Å². The quantitative estimate of drug-likeness (QED) is 0.580. The van der Waals surface area contributed by atoms with Gasteiger partial charge in [-0.15, -0.1) is 0 Å². The first kappa shape index (κ1) is 7.98. The lowest BCUT2D eigenvalue weighted by molar-refractivity contribution is -0.112. The second kappa shape index (κ2) is 3.91. The lowest BCUT2D eigenvalue weighted by atomic mass is 9.82. The van der Waals surface area contributed by atoms with Crippen LogP contribution in [0.3, 0.4) is 0 Å². The van der Waals surface area contributed by atoms with Crippen LogP contribution in [0.15, 0.2) is 0 Å². The molecule has 1 aliphatic carbocycles. The highest BCUT2D eigenvalue weighted by Gasteiger charge is 2.28. The van der Waals surface area contributed by atoms with E-state index in [1.807, 2.05) is 0 Å². The average molecular weight is 145 g/mol. The SMILES string of the molecule is COCOC1CC(CN)C1. The molecule has 1 fully saturated rings. The van der Waals surface area contributed by atoms with Crippen molar-refractivity contribution in [3.8, 4) is 0 Å². The van der Waals surface area contributed by atoms with Crippen LogP contribution in [0.5, 0.6) is 0 Å². The third-order valence-electron chi connectivity index (χ3n) is 1.95. The van der Waals surface area contributed by atoms with Gasteiger partial charge in [0.15, 0.2) is 0 Å². The van der Waals surface area contributed by atoms with Gasteiger partial charge in [-0.25, -0.2) is 0 Å². The fourth-order valence-corrected chi connectivity index (χ4v) is 1.17. The summed E-state index contributed by atoms with van der Waals surface area (Å²) >= 11 is 0. The zero-order valence-corrected chi connectivity index (χ0v) is 6.38. The molecule has 0 atom stereocenters. The summed E-state index contributed by atoms with van der Waals surface area (Å²) in [5.74, 6) is 0.696. The van der Waals surface area contributed by atoms with E-state index in [1.165, 1.54) is 0 Å². The fraction of sp³-hybridized carbons (Fsp3) is 1.00. The van der Waals surface area contributed by atoms with Crippen molar-refractivity contribution >= 4 is 0 Å². The van der Waals surface area contributed by atoms with Gasteiger partial charge in [0.25, 0.3) is 0 Å². The van der Waals surface area contributed by atoms with Crippen LogP contribution in [-0.4, -0.2) is 26.6 Å². The summed E-state index contributed by atoms with van der Waals surface area (Å²) in [4.78, 5) is 0. The van der Waals surface area contributed by atoms with Gasteiger partial charge in [0.05, 0.1) is 6.10 Å². The molecule has 3 nitrogen and oxygen atoms in total. The van der Waals surface area contributed by atoms with Crippen molar-refractivity contribution in [2.45, 2.75) is 18.9 Å². The smallest absolute Gasteiger partial charge is 0.146 e. The van der Waals surface area contributed by atoms with Gasteiger partial charge in [-0.1, -0.05) is 0 Å². The van der Waals surface area contributed by atoms with Crippen molar-refractivity contribution in [2.24, 2.45) is 11.7 Å². The van der Waals surface area contributed by atoms with E-state index in [9.17, 15) is 0 Å². The Kier molecular flexibility index (Phi) is 3.12. The van der Waals surface area contributed by atoms with E-state index in [4.69, 9.17) is 15.2 Å². The van der Waals surface area contributed by atoms with Gasteiger partial charge >= 0.3 is 0 Å². The second-order valence-corrected chi connectivity index (χ2v) is 2.77. The first-order valence-corrected chi connectivity index (χ1v) is 3.67. The zero-order valence-electron chi connectivity index (χ0n) is 6.38. The molecule has 1 rings (SSSR count). The summed E-state index contributed by atoms with van der Waals surface area (Å²) in [6.45, 7) is 1.22. The minimum atomic E-state index is 0.411. The Hall–Kier alpha value is -0.120. The summed E-state index contributed by atoms with van der Waals surface area (Å²) in [5, 5.41) is 0. The number of hydrogen-bond donors (Lipinski definition) is 1. The highest BCUT2D eigenvalue weighted by atomic mass is 16.7. The summed E-state index contributed by atoms with van der Waals surface area (Å²) in [5.41, 5.74) is 5.44. The molecule has 0 radical (unpaired) electrons. The van der Waals surface area contributed by atoms with Crippen LogP contribution in [0, 0.1) is 5.92 Å². The van der Waals surface area contributed by atoms with Crippen molar-refractivity contribution in [3.63, 3.8) is 0 Å². The molecule has 0 aromatic rings. The van der Waals surface area contributed by atoms with E-state index in [2.05, 4.69) is 0 Å². The maximum atomic E-state index is 5.44. The van der Waals surface area contributed by atoms with Crippen molar-refractivity contribution in [2.75, 3.05) is 20.4 Å². The van der Waals surface area contributed by atoms with E-state index < -0.39 is 0 Å². The van der Waals surface area contributed by atoms with E-state index in [0.29, 0.717) is 18.8 Å². The normalized spacial score (nSPS) is 31.8. The Bertz CT molecular complexity index is 88.9. The van der Waals surface area contributed by atoms with Crippen molar-refractivity contribution < 1.29 is 9.47 Å². The van der Waals surface area contributed by atoms with Gasteiger partial charge in [0.2, 0.25) is 0 Å². The van der Waals surface area contributed by atoms with Gasteiger partial charge in [0, 0.05) is 7.11 Å². The van der Waals surface area contributed by atoms with E-state index in [-0.39, 0.29) is 0 Å². The number of methoxy groups -OCH3 is 1. The van der Waals surface area contributed by atoms with E-state index in [0.717, 1.165) is 19.4 Å². The van der Waals surface area contributed by atoms with E-state index in [1.54, 1.807) is 7.11 Å². The molecule has 60 valence electrons. The molecular formula is C7H15NO2. The Morgan fingerprint density at radius 2 is 2.20 bits per heavy atom. The molecule has 0 heterocycles. The zero-order chi connectivity index (χ0) is 7.40. The summed E-state index contributed by atoms with van der Waals surface area (Å²) < 4.78 is 10.0. The fourth-order valence-electron chi connectivity index (χ4n) is 1.17. The molecule has 0 aromatic heterocycles. The molecule has 0 aromatic carbocycles. The molecule has 1 aliphatic rings. The van der Waals surface area contributed by atoms with Gasteiger partial charge in [-0.05, 0) is 25.3 Å². The van der Waals surface area contributed by atoms with Crippen LogP contribution in [0.1, 0.15) is 12.8 Å². The molecule has 0 amide bonds. The lowest BCUT2D eigenvalue weighted by Crippen LogP contribution is -2.36. The first-order chi connectivity index (χ1) is 4.86. The van der Waals surface area contributed by atoms with Crippen LogP contribution in [0.4, 0.5) is 0 Å². The van der Waals surface area contributed by atoms with Gasteiger partial charge in [0.1, 0.15) is 6.79 Å². The molecule has 0 spiro atoms. The highest BCUT2D eigenvalue weighted by molar-refractivity contribution is 4.80. The van der Waals surface area contributed by atoms with Crippen LogP contribution in [0.25, 0.3) is 0 Å². The van der Waals surface area contributed by atoms with Gasteiger partial charge in [-0.3, -0.25) is 0 Å². The molecule has 0 unspecified atom stereocenters. The summed E-state index contributed by atoms with van der Waals surface area (Å²) in [7, 11) is 1.64. The lowest BCUT2D eigenvalue weighted by Gasteiger charge is -2.33. The minimum Gasteiger partial charge on any atom is -0.359 e. The molecule has 2 N–H and O–H groups in total. The Labute approximate surface area is 61.5 Å². The molecule has 0 saturated heterocycles. The third kappa shape index (κ3) is 1.94. The number of nitrogens with two attached hydrogens (primary N) is 1. The number of hydrogen-bond acceptors (Lipinski definition) is 3. The molecular weight excluding hydrogens is 130 g/mol. The molecule has 3 heteroatoms. The average Bonchev–Trinajstić information content (AvgIpc) is 1.86. The van der Waals surface area contributed by atoms with Crippen molar-refractivity contribution in [1.29, 1.82) is 0 Å². The Balaban J connectivity index is 1.93. The monoisotopic (exact) mass is 145 g/mol. The minimum absolute atomic E-state index is 0.411. The van der Waals surface area contributed by atoms with Crippen LogP contribution in [0.2, 0.25) is 0 Å². The van der Waals surface area contributed by atoms with E-state index >= 15 is 0 Å². The molecule has 10 heavy (non-hydrogen) atoms. The van der Waals surface area contributed by atoms with Crippen LogP contribution < -0.4 is 5.73 Å². The molecule has 1 saturated carbocycles. The highest BCUT2D eigenvalue weighted by Crippen LogP contribution is 2.28. The van der Waals surface area contributed by atoms with Gasteiger partial charge < -0.3 is 15.2 Å². The topological polar surface area (TPSA) is 44.5 Å². The maximum absolute atomic E-state index is 5.44. The van der Waals surface area contributed by atoms with Crippen LogP contribution in [-0.2, 0) is 9.47 Å². The van der Waals surface area contributed by atoms with Gasteiger partial charge in [-0.2, -0.15) is 0 Å². The number of ether oxygens (including phenoxy) is 2. The summed E-state index contributed by atoms with van der Waals surface area (Å²) in [6, 6.07) is 0. The molecule has 0 bridgehead atoms. The molecule has 0 aliphatic heterocycles. The second-order valence-electron chi connectivity index (χ2n) is 2.77. The predicted octanol–water partition coefficient (Wildman–Crippen LogP) is 0.344. The Morgan fingerprint density at radius 3 is 2.70 bits per heavy atom. The van der Waals surface area contributed by atoms with Crippen LogP contribution >= 0.6 is 0 Å². The predicted molar refractivity (Wildman–Crippen MR) is 38.5 cm³/mol. The largest absolute Gasteiger partial charge is 0.359 e. The van der Waals surface area contributed by atoms with Crippen molar-refractivity contribution in [1.82, 2.24) is 0 Å². The first-order valence-electron chi connectivity index (χ1n) is 3.67.